The van der Waals surface area contributed by atoms with Gasteiger partial charge in [-0.3, -0.25) is 16.1 Å². The fourth-order valence-electron chi connectivity index (χ4n) is 1.10. The molecule has 0 amide bonds. The molecular weight excluding hydrogens is 184 g/mol. The quantitative estimate of drug-likeness (QED) is 0.293. The number of thioether (sulfide) groups is 1. The number of rotatable bonds is 2. The van der Waals surface area contributed by atoms with Gasteiger partial charge in [-0.05, 0) is 30.9 Å². The van der Waals surface area contributed by atoms with Crippen LogP contribution in [0.1, 0.15) is 11.1 Å². The molecule has 0 aromatic heterocycles. The maximum Gasteiger partial charge on any atom is 0.149 e. The molecular formula is C9H12N2OS. The maximum atomic E-state index is 8.53. The Labute approximate surface area is 81.6 Å². The number of amidine groups is 1. The van der Waals surface area contributed by atoms with E-state index in [1.54, 1.807) is 11.8 Å². The first-order chi connectivity index (χ1) is 6.19. The summed E-state index contributed by atoms with van der Waals surface area (Å²) < 4.78 is 0. The van der Waals surface area contributed by atoms with Gasteiger partial charge >= 0.3 is 0 Å². The van der Waals surface area contributed by atoms with Crippen molar-refractivity contribution in [3.05, 3.63) is 29.3 Å². The summed E-state index contributed by atoms with van der Waals surface area (Å²) in [5.74, 6) is 0.0238. The lowest BCUT2D eigenvalue weighted by atomic mass is 10.1. The van der Waals surface area contributed by atoms with Gasteiger partial charge in [-0.2, -0.15) is 0 Å². The Morgan fingerprint density at radius 3 is 2.69 bits per heavy atom. The summed E-state index contributed by atoms with van der Waals surface area (Å²) in [6.45, 7) is 1.99. The highest BCUT2D eigenvalue weighted by molar-refractivity contribution is 7.98. The monoisotopic (exact) mass is 196 g/mol. The average Bonchev–Trinajstić information content (AvgIpc) is 2.16. The zero-order chi connectivity index (χ0) is 9.84. The first-order valence-corrected chi connectivity index (χ1v) is 5.05. The van der Waals surface area contributed by atoms with Crippen molar-refractivity contribution in [3.63, 3.8) is 0 Å². The molecule has 0 radical (unpaired) electrons. The van der Waals surface area contributed by atoms with Crippen LogP contribution in [0.25, 0.3) is 0 Å². The molecule has 0 spiro atoms. The predicted octanol–water partition coefficient (Wildman–Crippen LogP) is 2.02. The van der Waals surface area contributed by atoms with Gasteiger partial charge in [-0.1, -0.05) is 6.07 Å². The summed E-state index contributed by atoms with van der Waals surface area (Å²) in [4.78, 5) is 1.19. The van der Waals surface area contributed by atoms with Crippen molar-refractivity contribution in [3.8, 4) is 0 Å². The van der Waals surface area contributed by atoms with E-state index < -0.39 is 0 Å². The van der Waals surface area contributed by atoms with Gasteiger partial charge in [0.25, 0.3) is 0 Å². The van der Waals surface area contributed by atoms with Crippen LogP contribution in [0.4, 0.5) is 0 Å². The third kappa shape index (κ3) is 2.23. The van der Waals surface area contributed by atoms with Crippen LogP contribution in [0.3, 0.4) is 0 Å². The molecule has 0 aliphatic heterocycles. The smallest absolute Gasteiger partial charge is 0.149 e. The van der Waals surface area contributed by atoms with Crippen molar-refractivity contribution in [1.82, 2.24) is 5.48 Å². The number of hydrogen-bond donors (Lipinski definition) is 3. The molecule has 0 bridgehead atoms. The molecule has 0 heterocycles. The Balaban J connectivity index is 3.02. The summed E-state index contributed by atoms with van der Waals surface area (Å²) in [6, 6.07) is 5.63. The van der Waals surface area contributed by atoms with Crippen molar-refractivity contribution < 1.29 is 5.21 Å². The average molecular weight is 196 g/mol. The largest absolute Gasteiger partial charge is 0.290 e. The standard InChI is InChI=1S/C9H12N2OS/c1-6-5-7(9(10)11-12)3-4-8(6)13-2/h3-5,12H,1-2H3,(H2,10,11). The number of hydroxylamine groups is 1. The predicted molar refractivity (Wildman–Crippen MR) is 54.7 cm³/mol. The minimum Gasteiger partial charge on any atom is -0.290 e. The lowest BCUT2D eigenvalue weighted by Gasteiger charge is -2.06. The number of nitrogens with one attached hydrogen (secondary N) is 2. The molecule has 3 N–H and O–H groups in total. The van der Waals surface area contributed by atoms with E-state index >= 15 is 0 Å². The van der Waals surface area contributed by atoms with Gasteiger partial charge in [-0.25, -0.2) is 0 Å². The third-order valence-corrected chi connectivity index (χ3v) is 2.69. The van der Waals surface area contributed by atoms with Crippen molar-refractivity contribution in [2.45, 2.75) is 11.8 Å². The highest BCUT2D eigenvalue weighted by Crippen LogP contribution is 2.20. The summed E-state index contributed by atoms with van der Waals surface area (Å²) in [7, 11) is 0. The van der Waals surface area contributed by atoms with E-state index in [0.717, 1.165) is 5.56 Å². The molecule has 0 fully saturated rings. The van der Waals surface area contributed by atoms with E-state index in [-0.39, 0.29) is 5.84 Å². The SMILES string of the molecule is CSc1ccc(C(=N)NO)cc1C. The van der Waals surface area contributed by atoms with E-state index in [4.69, 9.17) is 10.6 Å². The van der Waals surface area contributed by atoms with Crippen LogP contribution in [0.15, 0.2) is 23.1 Å². The van der Waals surface area contributed by atoms with Crippen LogP contribution in [0.2, 0.25) is 0 Å². The lowest BCUT2D eigenvalue weighted by Crippen LogP contribution is -2.18. The second-order valence-corrected chi connectivity index (χ2v) is 3.52. The molecule has 0 aliphatic carbocycles. The number of aryl methyl sites for hydroxylation is 1. The minimum atomic E-state index is 0.0238. The number of hydrogen-bond acceptors (Lipinski definition) is 3. The van der Waals surface area contributed by atoms with Gasteiger partial charge < -0.3 is 0 Å². The second-order valence-electron chi connectivity index (χ2n) is 2.67. The highest BCUT2D eigenvalue weighted by atomic mass is 32.2. The molecule has 0 atom stereocenters. The fraction of sp³-hybridized carbons (Fsp3) is 0.222. The van der Waals surface area contributed by atoms with Gasteiger partial charge in [0.15, 0.2) is 0 Å². The summed E-state index contributed by atoms with van der Waals surface area (Å²) in [6.07, 6.45) is 2.01. The minimum absolute atomic E-state index is 0.0238. The molecule has 13 heavy (non-hydrogen) atoms. The van der Waals surface area contributed by atoms with Crippen LogP contribution in [0, 0.1) is 12.3 Å². The van der Waals surface area contributed by atoms with Crippen molar-refractivity contribution >= 4 is 17.6 Å². The van der Waals surface area contributed by atoms with E-state index in [1.807, 2.05) is 36.9 Å². The van der Waals surface area contributed by atoms with Gasteiger partial charge in [0.05, 0.1) is 0 Å². The van der Waals surface area contributed by atoms with Gasteiger partial charge in [0, 0.05) is 10.5 Å². The normalized spacial score (nSPS) is 9.77. The zero-order valence-corrected chi connectivity index (χ0v) is 8.40. The van der Waals surface area contributed by atoms with Crippen LogP contribution in [-0.4, -0.2) is 17.3 Å². The Kier molecular flexibility index (Phi) is 3.33. The van der Waals surface area contributed by atoms with E-state index in [2.05, 4.69) is 0 Å². The Morgan fingerprint density at radius 1 is 1.54 bits per heavy atom. The third-order valence-electron chi connectivity index (χ3n) is 1.80. The molecule has 0 saturated heterocycles. The molecule has 1 aromatic carbocycles. The molecule has 1 rings (SSSR count). The van der Waals surface area contributed by atoms with E-state index in [9.17, 15) is 0 Å². The molecule has 0 unspecified atom stereocenters. The molecule has 4 heteroatoms. The molecule has 3 nitrogen and oxygen atoms in total. The van der Waals surface area contributed by atoms with Crippen molar-refractivity contribution in [1.29, 1.82) is 5.41 Å². The van der Waals surface area contributed by atoms with Crippen LogP contribution in [-0.2, 0) is 0 Å². The summed E-state index contributed by atoms with van der Waals surface area (Å²) in [5, 5.41) is 15.9. The lowest BCUT2D eigenvalue weighted by molar-refractivity contribution is 0.234. The zero-order valence-electron chi connectivity index (χ0n) is 7.59. The summed E-state index contributed by atoms with van der Waals surface area (Å²) in [5.41, 5.74) is 3.63. The van der Waals surface area contributed by atoms with Crippen molar-refractivity contribution in [2.75, 3.05) is 6.26 Å². The first-order valence-electron chi connectivity index (χ1n) is 3.82. The van der Waals surface area contributed by atoms with Gasteiger partial charge in [0.1, 0.15) is 5.84 Å². The molecule has 0 aliphatic rings. The maximum absolute atomic E-state index is 8.53. The Morgan fingerprint density at radius 2 is 2.23 bits per heavy atom. The van der Waals surface area contributed by atoms with E-state index in [0.29, 0.717) is 5.56 Å². The molecule has 70 valence electrons. The van der Waals surface area contributed by atoms with Gasteiger partial charge in [-0.15, -0.1) is 11.8 Å². The van der Waals surface area contributed by atoms with Crippen LogP contribution < -0.4 is 5.48 Å². The highest BCUT2D eigenvalue weighted by Gasteiger charge is 2.02. The van der Waals surface area contributed by atoms with Gasteiger partial charge in [0.2, 0.25) is 0 Å². The first kappa shape index (κ1) is 10.1. The summed E-state index contributed by atoms with van der Waals surface area (Å²) >= 11 is 1.67. The fourth-order valence-corrected chi connectivity index (χ4v) is 1.68. The van der Waals surface area contributed by atoms with Crippen molar-refractivity contribution in [2.24, 2.45) is 0 Å². The molecule has 0 saturated carbocycles. The Hall–Kier alpha value is -1.00. The van der Waals surface area contributed by atoms with Crippen LogP contribution in [0.5, 0.6) is 0 Å². The Bertz CT molecular complexity index is 325. The topological polar surface area (TPSA) is 56.1 Å². The molecule has 1 aromatic rings. The van der Waals surface area contributed by atoms with E-state index in [1.165, 1.54) is 4.90 Å². The second kappa shape index (κ2) is 4.30. The van der Waals surface area contributed by atoms with Crippen LogP contribution >= 0.6 is 11.8 Å². The number of benzene rings is 1.